The van der Waals surface area contributed by atoms with Crippen LogP contribution in [0.25, 0.3) is 0 Å². The summed E-state index contributed by atoms with van der Waals surface area (Å²) in [7, 11) is 1.71. The summed E-state index contributed by atoms with van der Waals surface area (Å²) in [6, 6.07) is 0. The molecular formula is C12H21N3O2. The monoisotopic (exact) mass is 239 g/mol. The Hall–Kier alpha value is -0.940. The average Bonchev–Trinajstić information content (AvgIpc) is 2.76. The van der Waals surface area contributed by atoms with Gasteiger partial charge in [0, 0.05) is 13.5 Å². The Morgan fingerprint density at radius 3 is 2.59 bits per heavy atom. The molecule has 5 nitrogen and oxygen atoms in total. The van der Waals surface area contributed by atoms with Crippen LogP contribution in [0.2, 0.25) is 0 Å². The Labute approximate surface area is 102 Å². The molecule has 0 atom stereocenters. The highest BCUT2D eigenvalue weighted by Gasteiger charge is 2.34. The smallest absolute Gasteiger partial charge is 0.227 e. The average molecular weight is 239 g/mol. The molecule has 5 heteroatoms. The number of nitrogens with one attached hydrogen (secondary N) is 1. The molecule has 1 aliphatic rings. The molecule has 1 fully saturated rings. The van der Waals surface area contributed by atoms with Crippen molar-refractivity contribution in [2.45, 2.75) is 38.7 Å². The minimum atomic E-state index is -0.389. The van der Waals surface area contributed by atoms with Crippen LogP contribution in [0.1, 0.15) is 38.4 Å². The van der Waals surface area contributed by atoms with E-state index in [1.54, 1.807) is 7.11 Å². The van der Waals surface area contributed by atoms with Crippen LogP contribution in [0.3, 0.4) is 0 Å². The van der Waals surface area contributed by atoms with Crippen molar-refractivity contribution in [3.63, 3.8) is 0 Å². The first-order valence-corrected chi connectivity index (χ1v) is 6.33. The molecule has 17 heavy (non-hydrogen) atoms. The predicted molar refractivity (Wildman–Crippen MR) is 63.6 cm³/mol. The van der Waals surface area contributed by atoms with E-state index in [0.717, 1.165) is 38.2 Å². The zero-order chi connectivity index (χ0) is 12.3. The van der Waals surface area contributed by atoms with Gasteiger partial charge in [-0.2, -0.15) is 4.98 Å². The van der Waals surface area contributed by atoms with Crippen LogP contribution in [0.5, 0.6) is 0 Å². The normalized spacial score (nSPS) is 17.1. The number of nitrogens with zero attached hydrogens (tertiary/aromatic N) is 2. The predicted octanol–water partition coefficient (Wildman–Crippen LogP) is 1.49. The molecule has 1 aromatic rings. The summed E-state index contributed by atoms with van der Waals surface area (Å²) in [6.07, 6.45) is 2.57. The number of rotatable bonds is 6. The number of hydrogen-bond acceptors (Lipinski definition) is 5. The third-order valence-electron chi connectivity index (χ3n) is 3.74. The molecule has 0 aliphatic carbocycles. The Bertz CT molecular complexity index is 348. The topological polar surface area (TPSA) is 60.2 Å². The molecule has 1 aliphatic heterocycles. The summed E-state index contributed by atoms with van der Waals surface area (Å²) in [5.41, 5.74) is -0.389. The van der Waals surface area contributed by atoms with Crippen molar-refractivity contribution in [3.05, 3.63) is 11.7 Å². The van der Waals surface area contributed by atoms with Gasteiger partial charge in [-0.15, -0.1) is 0 Å². The fraction of sp³-hybridized carbons (Fsp3) is 0.833. The van der Waals surface area contributed by atoms with Crippen molar-refractivity contribution in [1.29, 1.82) is 0 Å². The van der Waals surface area contributed by atoms with Gasteiger partial charge >= 0.3 is 0 Å². The highest BCUT2D eigenvalue weighted by molar-refractivity contribution is 5.01. The Balaban J connectivity index is 2.09. The fourth-order valence-electron chi connectivity index (χ4n) is 2.21. The van der Waals surface area contributed by atoms with Gasteiger partial charge < -0.3 is 14.6 Å². The van der Waals surface area contributed by atoms with E-state index in [4.69, 9.17) is 9.26 Å². The van der Waals surface area contributed by atoms with Crippen LogP contribution in [0.4, 0.5) is 0 Å². The summed E-state index contributed by atoms with van der Waals surface area (Å²) < 4.78 is 10.9. The third-order valence-corrected chi connectivity index (χ3v) is 3.74. The number of methoxy groups -OCH3 is 1. The molecule has 1 N–H and O–H groups in total. The van der Waals surface area contributed by atoms with Crippen molar-refractivity contribution in [2.75, 3.05) is 20.2 Å². The van der Waals surface area contributed by atoms with Gasteiger partial charge in [-0.25, -0.2) is 0 Å². The lowest BCUT2D eigenvalue weighted by molar-refractivity contribution is -0.0306. The SMILES string of the molecule is CCC(CC)(OC)c1noc(CC2CNC2)n1. The lowest BCUT2D eigenvalue weighted by Crippen LogP contribution is -2.43. The van der Waals surface area contributed by atoms with E-state index in [-0.39, 0.29) is 5.60 Å². The molecule has 0 spiro atoms. The molecule has 1 saturated heterocycles. The van der Waals surface area contributed by atoms with Crippen molar-refractivity contribution in [2.24, 2.45) is 5.92 Å². The van der Waals surface area contributed by atoms with Crippen LogP contribution < -0.4 is 5.32 Å². The second kappa shape index (κ2) is 5.14. The quantitative estimate of drug-likeness (QED) is 0.815. The molecule has 0 radical (unpaired) electrons. The number of aromatic nitrogens is 2. The lowest BCUT2D eigenvalue weighted by Gasteiger charge is -2.26. The van der Waals surface area contributed by atoms with Gasteiger partial charge in [0.25, 0.3) is 0 Å². The van der Waals surface area contributed by atoms with E-state index in [9.17, 15) is 0 Å². The summed E-state index contributed by atoms with van der Waals surface area (Å²) in [5, 5.41) is 7.32. The molecule has 0 unspecified atom stereocenters. The molecular weight excluding hydrogens is 218 g/mol. The van der Waals surface area contributed by atoms with E-state index in [1.165, 1.54) is 0 Å². The summed E-state index contributed by atoms with van der Waals surface area (Å²) >= 11 is 0. The summed E-state index contributed by atoms with van der Waals surface area (Å²) in [6.45, 7) is 6.27. The largest absolute Gasteiger partial charge is 0.370 e. The minimum absolute atomic E-state index is 0.389. The first-order chi connectivity index (χ1) is 8.24. The Morgan fingerprint density at radius 2 is 2.12 bits per heavy atom. The van der Waals surface area contributed by atoms with Crippen LogP contribution in [0, 0.1) is 5.92 Å². The van der Waals surface area contributed by atoms with E-state index in [1.807, 2.05) is 0 Å². The fourth-order valence-corrected chi connectivity index (χ4v) is 2.21. The van der Waals surface area contributed by atoms with Gasteiger partial charge in [-0.3, -0.25) is 0 Å². The first kappa shape index (κ1) is 12.5. The van der Waals surface area contributed by atoms with Gasteiger partial charge in [0.05, 0.1) is 0 Å². The van der Waals surface area contributed by atoms with Gasteiger partial charge in [-0.05, 0) is 31.8 Å². The highest BCUT2D eigenvalue weighted by atomic mass is 16.5. The molecule has 0 amide bonds. The standard InChI is InChI=1S/C12H21N3O2/c1-4-12(5-2,16-3)11-14-10(17-15-11)6-9-7-13-8-9/h9,13H,4-8H2,1-3H3. The minimum Gasteiger partial charge on any atom is -0.370 e. The maximum absolute atomic E-state index is 5.58. The highest BCUT2D eigenvalue weighted by Crippen LogP contribution is 2.30. The van der Waals surface area contributed by atoms with E-state index >= 15 is 0 Å². The molecule has 0 aromatic carbocycles. The zero-order valence-corrected chi connectivity index (χ0v) is 10.8. The van der Waals surface area contributed by atoms with E-state index in [2.05, 4.69) is 29.3 Å². The molecule has 0 bridgehead atoms. The molecule has 2 rings (SSSR count). The Kier molecular flexibility index (Phi) is 3.79. The Morgan fingerprint density at radius 1 is 1.41 bits per heavy atom. The van der Waals surface area contributed by atoms with Gasteiger partial charge in [0.2, 0.25) is 11.7 Å². The lowest BCUT2D eigenvalue weighted by atomic mass is 9.96. The van der Waals surface area contributed by atoms with Gasteiger partial charge in [-0.1, -0.05) is 19.0 Å². The third kappa shape index (κ3) is 2.35. The molecule has 2 heterocycles. The van der Waals surface area contributed by atoms with E-state index < -0.39 is 0 Å². The zero-order valence-electron chi connectivity index (χ0n) is 10.8. The summed E-state index contributed by atoms with van der Waals surface area (Å²) in [5.74, 6) is 2.06. The maximum Gasteiger partial charge on any atom is 0.227 e. The number of ether oxygens (including phenoxy) is 1. The maximum atomic E-state index is 5.58. The van der Waals surface area contributed by atoms with Crippen LogP contribution in [0.15, 0.2) is 4.52 Å². The van der Waals surface area contributed by atoms with Crippen molar-refractivity contribution in [1.82, 2.24) is 15.5 Å². The summed E-state index contributed by atoms with van der Waals surface area (Å²) in [4.78, 5) is 4.49. The van der Waals surface area contributed by atoms with Crippen LogP contribution in [-0.2, 0) is 16.8 Å². The molecule has 96 valence electrons. The van der Waals surface area contributed by atoms with Crippen molar-refractivity contribution in [3.8, 4) is 0 Å². The number of hydrogen-bond donors (Lipinski definition) is 1. The van der Waals surface area contributed by atoms with Crippen LogP contribution >= 0.6 is 0 Å². The first-order valence-electron chi connectivity index (χ1n) is 6.33. The molecule has 0 saturated carbocycles. The van der Waals surface area contributed by atoms with Crippen LogP contribution in [-0.4, -0.2) is 30.3 Å². The second-order valence-corrected chi connectivity index (χ2v) is 4.65. The second-order valence-electron chi connectivity index (χ2n) is 4.65. The van der Waals surface area contributed by atoms with Gasteiger partial charge in [0.15, 0.2) is 0 Å². The van der Waals surface area contributed by atoms with Crippen molar-refractivity contribution >= 4 is 0 Å². The van der Waals surface area contributed by atoms with Gasteiger partial charge in [0.1, 0.15) is 5.60 Å². The van der Waals surface area contributed by atoms with E-state index in [0.29, 0.717) is 11.7 Å². The van der Waals surface area contributed by atoms with Crippen molar-refractivity contribution < 1.29 is 9.26 Å². The molecule has 1 aromatic heterocycles.